The van der Waals surface area contributed by atoms with Gasteiger partial charge in [-0.1, -0.05) is 54.1 Å². The lowest BCUT2D eigenvalue weighted by atomic mass is 10.0. The zero-order chi connectivity index (χ0) is 22.6. The lowest BCUT2D eigenvalue weighted by Crippen LogP contribution is -2.21. The fraction of sp³-hybridized carbons (Fsp3) is 0.0870. The van der Waals surface area contributed by atoms with Crippen LogP contribution in [0.3, 0.4) is 0 Å². The molecule has 0 spiro atoms. The Morgan fingerprint density at radius 3 is 1.94 bits per heavy atom. The summed E-state index contributed by atoms with van der Waals surface area (Å²) in [6.45, 7) is 2.09. The van der Waals surface area contributed by atoms with Crippen LogP contribution in [0.4, 0.5) is 13.2 Å². The molecule has 0 N–H and O–H groups in total. The Kier molecular flexibility index (Phi) is 6.42. The summed E-state index contributed by atoms with van der Waals surface area (Å²) in [5.74, 6) is 1.81. The summed E-state index contributed by atoms with van der Waals surface area (Å²) in [5, 5.41) is 2.32. The topological polar surface area (TPSA) is 68.5 Å². The van der Waals surface area contributed by atoms with E-state index < -0.39 is 15.6 Å². The Hall–Kier alpha value is -3.23. The number of benzene rings is 3. The van der Waals surface area contributed by atoms with Crippen LogP contribution in [-0.2, 0) is 10.1 Å². The number of hydrogen-bond donors (Lipinski definition) is 0. The van der Waals surface area contributed by atoms with E-state index >= 15 is 0 Å². The highest BCUT2D eigenvalue weighted by atomic mass is 32.2. The van der Waals surface area contributed by atoms with E-state index in [-0.39, 0.29) is 0 Å². The molecule has 31 heavy (non-hydrogen) atoms. The van der Waals surface area contributed by atoms with Crippen molar-refractivity contribution in [1.82, 2.24) is 0 Å². The first-order valence-electron chi connectivity index (χ1n) is 9.07. The molecule has 0 radical (unpaired) electrons. The molecule has 0 saturated heterocycles. The van der Waals surface area contributed by atoms with E-state index in [9.17, 15) is 13.2 Å². The fourth-order valence-corrected chi connectivity index (χ4v) is 2.83. The predicted molar refractivity (Wildman–Crippen MR) is 112 cm³/mol. The van der Waals surface area contributed by atoms with Crippen LogP contribution in [0, 0.1) is 6.92 Å². The molecule has 4 aromatic rings. The average Bonchev–Trinajstić information content (AvgIpc) is 2.73. The Morgan fingerprint density at radius 2 is 1.35 bits per heavy atom. The van der Waals surface area contributed by atoms with Crippen molar-refractivity contribution in [1.29, 1.82) is 0 Å². The van der Waals surface area contributed by atoms with Crippen molar-refractivity contribution in [2.24, 2.45) is 0 Å². The SMILES string of the molecule is Cc1ccc(-c2cc3ccccc3c(-c3ccccc3)[o+]2)cc1.O=S(=O)([O-])C(F)(F)F. The smallest absolute Gasteiger partial charge is 0.485 e. The van der Waals surface area contributed by atoms with E-state index in [4.69, 9.17) is 17.4 Å². The quantitative estimate of drug-likeness (QED) is 0.203. The molecule has 8 heteroatoms. The second-order valence-electron chi connectivity index (χ2n) is 6.66. The van der Waals surface area contributed by atoms with Crippen molar-refractivity contribution in [2.45, 2.75) is 12.4 Å². The normalized spacial score (nSPS) is 11.6. The third-order valence-electron chi connectivity index (χ3n) is 4.36. The van der Waals surface area contributed by atoms with Crippen molar-refractivity contribution < 1.29 is 30.6 Å². The maximum atomic E-state index is 10.7. The Labute approximate surface area is 177 Å². The summed E-state index contributed by atoms with van der Waals surface area (Å²) >= 11 is 0. The molecule has 3 aromatic carbocycles. The van der Waals surface area contributed by atoms with Gasteiger partial charge >= 0.3 is 17.0 Å². The van der Waals surface area contributed by atoms with Crippen molar-refractivity contribution in [2.75, 3.05) is 0 Å². The van der Waals surface area contributed by atoms with Crippen LogP contribution in [0.15, 0.2) is 89.3 Å². The zero-order valence-electron chi connectivity index (χ0n) is 16.3. The Balaban J connectivity index is 0.000000293. The van der Waals surface area contributed by atoms with Crippen molar-refractivity contribution in [3.05, 3.63) is 90.5 Å². The number of alkyl halides is 3. The highest BCUT2D eigenvalue weighted by Gasteiger charge is 2.36. The minimum absolute atomic E-state index is 0.891. The molecule has 1 aromatic heterocycles. The van der Waals surface area contributed by atoms with Gasteiger partial charge in [0.1, 0.15) is 0 Å². The van der Waals surface area contributed by atoms with E-state index in [1.54, 1.807) is 0 Å². The number of fused-ring (bicyclic) bond motifs is 1. The third-order valence-corrected chi connectivity index (χ3v) is 4.93. The zero-order valence-corrected chi connectivity index (χ0v) is 17.1. The molecule has 0 atom stereocenters. The summed E-state index contributed by atoms with van der Waals surface area (Å²) in [6, 6.07) is 29.2. The van der Waals surface area contributed by atoms with Crippen molar-refractivity contribution in [3.63, 3.8) is 0 Å². The van der Waals surface area contributed by atoms with Gasteiger partial charge in [-0.25, -0.2) is 12.8 Å². The standard InChI is InChI=1S/C22H17O.CHF3O3S/c1-16-11-13-17(14-12-16)21-15-19-9-5-6-10-20(19)22(23-21)18-7-3-2-4-8-18;2-1(3,4)8(5,6)7/h2-15H,1H3;(H,5,6,7)/q+1;/p-1. The molecule has 1 heterocycles. The van der Waals surface area contributed by atoms with Gasteiger partial charge in [0.15, 0.2) is 10.1 Å². The molecule has 0 unspecified atom stereocenters. The van der Waals surface area contributed by atoms with Crippen molar-refractivity contribution >= 4 is 20.9 Å². The molecule has 4 rings (SSSR count). The van der Waals surface area contributed by atoms with E-state index in [1.165, 1.54) is 10.9 Å². The van der Waals surface area contributed by atoms with Crippen LogP contribution in [0.25, 0.3) is 33.4 Å². The van der Waals surface area contributed by atoms with Crippen molar-refractivity contribution in [3.8, 4) is 22.6 Å². The number of halogens is 3. The largest absolute Gasteiger partial charge is 0.741 e. The molecule has 0 bridgehead atoms. The maximum Gasteiger partial charge on any atom is 0.485 e. The minimum Gasteiger partial charge on any atom is -0.741 e. The first kappa shape index (κ1) is 22.5. The van der Waals surface area contributed by atoms with Gasteiger partial charge in [0, 0.05) is 5.39 Å². The molecule has 0 saturated carbocycles. The van der Waals surface area contributed by atoms with Crippen LogP contribution in [0.2, 0.25) is 0 Å². The predicted octanol–water partition coefficient (Wildman–Crippen LogP) is 6.41. The second kappa shape index (κ2) is 8.87. The van der Waals surface area contributed by atoms with E-state index in [0.717, 1.165) is 28.0 Å². The lowest BCUT2D eigenvalue weighted by Gasteiger charge is -2.08. The van der Waals surface area contributed by atoms with Crippen LogP contribution in [0.1, 0.15) is 5.56 Å². The molecule has 4 nitrogen and oxygen atoms in total. The lowest BCUT2D eigenvalue weighted by molar-refractivity contribution is -0.0517. The second-order valence-corrected chi connectivity index (χ2v) is 8.03. The maximum absolute atomic E-state index is 10.7. The van der Waals surface area contributed by atoms with E-state index in [1.807, 2.05) is 18.2 Å². The highest BCUT2D eigenvalue weighted by molar-refractivity contribution is 7.86. The Bertz CT molecular complexity index is 1280. The summed E-state index contributed by atoms with van der Waals surface area (Å²) < 4.78 is 65.2. The first-order chi connectivity index (χ1) is 14.6. The van der Waals surface area contributed by atoms with Gasteiger partial charge in [-0.2, -0.15) is 13.2 Å². The van der Waals surface area contributed by atoms with Gasteiger partial charge in [-0.3, -0.25) is 0 Å². The molecule has 0 aliphatic rings. The highest BCUT2D eigenvalue weighted by Crippen LogP contribution is 2.34. The summed E-state index contributed by atoms with van der Waals surface area (Å²) in [5.41, 5.74) is -2.21. The van der Waals surface area contributed by atoms with E-state index in [0.29, 0.717) is 0 Å². The van der Waals surface area contributed by atoms with Gasteiger partial charge in [-0.05, 0) is 37.3 Å². The number of hydrogen-bond acceptors (Lipinski definition) is 3. The van der Waals surface area contributed by atoms with Crippen LogP contribution in [0.5, 0.6) is 0 Å². The fourth-order valence-electron chi connectivity index (χ4n) is 2.83. The average molecular weight is 446 g/mol. The first-order valence-corrected chi connectivity index (χ1v) is 10.5. The molecule has 0 aliphatic carbocycles. The van der Waals surface area contributed by atoms with E-state index in [2.05, 4.69) is 73.7 Å². The molecule has 160 valence electrons. The minimum atomic E-state index is -6.09. The van der Waals surface area contributed by atoms with Crippen LogP contribution in [-0.4, -0.2) is 18.5 Å². The summed E-state index contributed by atoms with van der Waals surface area (Å²) in [4.78, 5) is 0. The molecular weight excluding hydrogens is 429 g/mol. The van der Waals surface area contributed by atoms with Crippen LogP contribution >= 0.6 is 0 Å². The number of aryl methyl sites for hydroxylation is 1. The van der Waals surface area contributed by atoms with Crippen LogP contribution < -0.4 is 0 Å². The van der Waals surface area contributed by atoms with Gasteiger partial charge in [0.25, 0.3) is 0 Å². The van der Waals surface area contributed by atoms with Gasteiger partial charge in [0.2, 0.25) is 0 Å². The number of rotatable bonds is 2. The molecule has 0 amide bonds. The molecular formula is C23H17F3O4S. The third kappa shape index (κ3) is 5.48. The van der Waals surface area contributed by atoms with Gasteiger partial charge < -0.3 is 4.55 Å². The van der Waals surface area contributed by atoms with Gasteiger partial charge in [0.05, 0.1) is 22.6 Å². The van der Waals surface area contributed by atoms with Gasteiger partial charge in [-0.15, -0.1) is 0 Å². The molecule has 0 aliphatic heterocycles. The molecule has 0 fully saturated rings. The monoisotopic (exact) mass is 446 g/mol. The summed E-state index contributed by atoms with van der Waals surface area (Å²) in [7, 11) is -6.09. The Morgan fingerprint density at radius 1 is 0.806 bits per heavy atom. The summed E-state index contributed by atoms with van der Waals surface area (Å²) in [6.07, 6.45) is 0.